The minimum atomic E-state index is 0.352. The van der Waals surface area contributed by atoms with E-state index in [0.29, 0.717) is 6.04 Å². The second kappa shape index (κ2) is 6.45. The van der Waals surface area contributed by atoms with Gasteiger partial charge in [-0.1, -0.05) is 35.0 Å². The molecule has 0 saturated heterocycles. The molecule has 0 aliphatic carbocycles. The third-order valence-corrected chi connectivity index (χ3v) is 4.69. The van der Waals surface area contributed by atoms with Crippen molar-refractivity contribution in [3.05, 3.63) is 50.4 Å². The van der Waals surface area contributed by atoms with Crippen molar-refractivity contribution < 1.29 is 0 Å². The number of aromatic nitrogens is 1. The lowest BCUT2D eigenvalue weighted by Crippen LogP contribution is -2.20. The number of hydrogen-bond acceptors (Lipinski definition) is 3. The van der Waals surface area contributed by atoms with Gasteiger partial charge in [0.05, 0.1) is 6.04 Å². The first kappa shape index (κ1) is 13.7. The normalized spacial score (nSPS) is 12.6. The van der Waals surface area contributed by atoms with E-state index in [0.717, 1.165) is 13.0 Å². The number of nitrogens with zero attached hydrogens (tertiary/aromatic N) is 1. The van der Waals surface area contributed by atoms with Crippen LogP contribution in [0.4, 0.5) is 0 Å². The Bertz CT molecular complexity index is 497. The Kier molecular flexibility index (Phi) is 4.92. The van der Waals surface area contributed by atoms with E-state index in [1.807, 2.05) is 11.6 Å². The molecule has 1 aromatic carbocycles. The summed E-state index contributed by atoms with van der Waals surface area (Å²) >= 11 is 5.28. The molecule has 0 bridgehead atoms. The second-order valence-electron chi connectivity index (χ2n) is 4.30. The zero-order chi connectivity index (χ0) is 13.0. The highest BCUT2D eigenvalue weighted by Gasteiger charge is 2.11. The predicted octanol–water partition coefficient (Wildman–Crippen LogP) is 4.45. The first-order valence-electron chi connectivity index (χ1n) is 6.08. The van der Waals surface area contributed by atoms with Crippen LogP contribution < -0.4 is 5.32 Å². The molecular weight excluding hydrogens is 308 g/mol. The molecule has 0 aliphatic rings. The third kappa shape index (κ3) is 3.40. The van der Waals surface area contributed by atoms with Crippen LogP contribution in [0, 0.1) is 6.92 Å². The molecule has 0 amide bonds. The number of thiazole rings is 1. The summed E-state index contributed by atoms with van der Waals surface area (Å²) in [6.07, 6.45) is 2.92. The molecule has 1 N–H and O–H groups in total. The molecule has 2 nitrogen and oxygen atoms in total. The van der Waals surface area contributed by atoms with E-state index in [1.165, 1.54) is 20.6 Å². The number of hydrogen-bond donors (Lipinski definition) is 1. The second-order valence-corrected chi connectivity index (χ2v) is 6.08. The summed E-state index contributed by atoms with van der Waals surface area (Å²) in [7, 11) is 0. The minimum absolute atomic E-state index is 0.352. The highest BCUT2D eigenvalue weighted by Crippen LogP contribution is 2.21. The largest absolute Gasteiger partial charge is 0.304 e. The molecule has 18 heavy (non-hydrogen) atoms. The van der Waals surface area contributed by atoms with Crippen LogP contribution in [0.15, 0.2) is 34.2 Å². The van der Waals surface area contributed by atoms with E-state index in [2.05, 4.69) is 58.3 Å². The molecule has 2 aromatic rings. The van der Waals surface area contributed by atoms with Gasteiger partial charge < -0.3 is 5.32 Å². The maximum atomic E-state index is 4.38. The molecule has 4 heteroatoms. The summed E-state index contributed by atoms with van der Waals surface area (Å²) in [5.74, 6) is 0. The van der Waals surface area contributed by atoms with Crippen LogP contribution in [-0.4, -0.2) is 4.98 Å². The fourth-order valence-corrected chi connectivity index (χ4v) is 3.02. The number of aryl methyl sites for hydroxylation is 1. The molecule has 1 heterocycles. The molecule has 0 spiro atoms. The molecule has 0 fully saturated rings. The fourth-order valence-electron chi connectivity index (χ4n) is 1.80. The van der Waals surface area contributed by atoms with E-state index < -0.39 is 0 Å². The third-order valence-electron chi connectivity index (χ3n) is 2.95. The molecule has 96 valence electrons. The predicted molar refractivity (Wildman–Crippen MR) is 80.9 cm³/mol. The molecule has 1 unspecified atom stereocenters. The quantitative estimate of drug-likeness (QED) is 0.878. The molecule has 2 rings (SSSR count). The van der Waals surface area contributed by atoms with Crippen LogP contribution >= 0.6 is 27.3 Å². The van der Waals surface area contributed by atoms with E-state index in [9.17, 15) is 0 Å². The van der Waals surface area contributed by atoms with Crippen LogP contribution in [0.2, 0.25) is 0 Å². The van der Waals surface area contributed by atoms with Gasteiger partial charge in [-0.25, -0.2) is 4.98 Å². The maximum absolute atomic E-state index is 4.38. The minimum Gasteiger partial charge on any atom is -0.304 e. The van der Waals surface area contributed by atoms with Gasteiger partial charge in [0.25, 0.3) is 0 Å². The smallest absolute Gasteiger partial charge is 0.109 e. The van der Waals surface area contributed by atoms with Crippen molar-refractivity contribution in [1.82, 2.24) is 10.3 Å². The van der Waals surface area contributed by atoms with Crippen LogP contribution in [0.5, 0.6) is 0 Å². The standard InChI is InChI=1S/C14H17BrN2S/c1-3-13(14-16-6-7-18-14)17-9-11-5-4-10(2)12(15)8-11/h4-8,13,17H,3,9H2,1-2H3. The van der Waals surface area contributed by atoms with Gasteiger partial charge in [0.2, 0.25) is 0 Å². The molecule has 1 atom stereocenters. The fraction of sp³-hybridized carbons (Fsp3) is 0.357. The Morgan fingerprint density at radius 2 is 2.28 bits per heavy atom. The lowest BCUT2D eigenvalue weighted by molar-refractivity contribution is 0.516. The van der Waals surface area contributed by atoms with Gasteiger partial charge >= 0.3 is 0 Å². The number of benzene rings is 1. The topological polar surface area (TPSA) is 24.9 Å². The van der Waals surface area contributed by atoms with Crippen LogP contribution in [0.25, 0.3) is 0 Å². The van der Waals surface area contributed by atoms with Gasteiger partial charge in [0.15, 0.2) is 0 Å². The summed E-state index contributed by atoms with van der Waals surface area (Å²) in [5.41, 5.74) is 2.56. The summed E-state index contributed by atoms with van der Waals surface area (Å²) in [6, 6.07) is 6.84. The molecule has 1 aromatic heterocycles. The van der Waals surface area contributed by atoms with Gasteiger partial charge in [-0.15, -0.1) is 11.3 Å². The van der Waals surface area contributed by atoms with E-state index in [1.54, 1.807) is 11.3 Å². The van der Waals surface area contributed by atoms with Crippen molar-refractivity contribution >= 4 is 27.3 Å². The van der Waals surface area contributed by atoms with Gasteiger partial charge in [0.1, 0.15) is 5.01 Å². The van der Waals surface area contributed by atoms with Crippen LogP contribution in [0.1, 0.15) is 35.5 Å². The monoisotopic (exact) mass is 324 g/mol. The van der Waals surface area contributed by atoms with Crippen molar-refractivity contribution in [3.8, 4) is 0 Å². The number of rotatable bonds is 5. The first-order valence-corrected chi connectivity index (χ1v) is 7.75. The highest BCUT2D eigenvalue weighted by atomic mass is 79.9. The highest BCUT2D eigenvalue weighted by molar-refractivity contribution is 9.10. The zero-order valence-electron chi connectivity index (χ0n) is 10.6. The molecule has 0 radical (unpaired) electrons. The summed E-state index contributed by atoms with van der Waals surface area (Å²) < 4.78 is 1.17. The Morgan fingerprint density at radius 1 is 1.44 bits per heavy atom. The Labute approximate surface area is 121 Å². The average molecular weight is 325 g/mol. The van der Waals surface area contributed by atoms with Crippen molar-refractivity contribution in [1.29, 1.82) is 0 Å². The van der Waals surface area contributed by atoms with Gasteiger partial charge in [-0.2, -0.15) is 0 Å². The molecule has 0 saturated carbocycles. The molecular formula is C14H17BrN2S. The maximum Gasteiger partial charge on any atom is 0.109 e. The van der Waals surface area contributed by atoms with Gasteiger partial charge in [0, 0.05) is 22.6 Å². The SMILES string of the molecule is CCC(NCc1ccc(C)c(Br)c1)c1nccs1. The lowest BCUT2D eigenvalue weighted by Gasteiger charge is -2.14. The number of nitrogens with one attached hydrogen (secondary N) is 1. The Balaban J connectivity index is 1.99. The Morgan fingerprint density at radius 3 is 2.89 bits per heavy atom. The van der Waals surface area contributed by atoms with E-state index >= 15 is 0 Å². The summed E-state index contributed by atoms with van der Waals surface area (Å²) in [5, 5.41) is 6.76. The van der Waals surface area contributed by atoms with Crippen LogP contribution in [-0.2, 0) is 6.54 Å². The Hall–Kier alpha value is -0.710. The first-order chi connectivity index (χ1) is 8.70. The molecule has 0 aliphatic heterocycles. The zero-order valence-corrected chi connectivity index (χ0v) is 13.0. The van der Waals surface area contributed by atoms with Crippen LogP contribution in [0.3, 0.4) is 0 Å². The van der Waals surface area contributed by atoms with E-state index in [-0.39, 0.29) is 0 Å². The summed E-state index contributed by atoms with van der Waals surface area (Å²) in [6.45, 7) is 5.16. The van der Waals surface area contributed by atoms with Crippen molar-refractivity contribution in [2.24, 2.45) is 0 Å². The van der Waals surface area contributed by atoms with E-state index in [4.69, 9.17) is 0 Å². The summed E-state index contributed by atoms with van der Waals surface area (Å²) in [4.78, 5) is 4.38. The van der Waals surface area contributed by atoms with Crippen molar-refractivity contribution in [2.75, 3.05) is 0 Å². The number of halogens is 1. The average Bonchev–Trinajstić information content (AvgIpc) is 2.88. The van der Waals surface area contributed by atoms with Crippen molar-refractivity contribution in [2.45, 2.75) is 32.9 Å². The van der Waals surface area contributed by atoms with Crippen molar-refractivity contribution in [3.63, 3.8) is 0 Å². The lowest BCUT2D eigenvalue weighted by atomic mass is 10.1. The van der Waals surface area contributed by atoms with Gasteiger partial charge in [-0.3, -0.25) is 0 Å². The van der Waals surface area contributed by atoms with Gasteiger partial charge in [-0.05, 0) is 30.5 Å².